The van der Waals surface area contributed by atoms with Crippen molar-refractivity contribution in [3.8, 4) is 11.8 Å². The predicted octanol–water partition coefficient (Wildman–Crippen LogP) is 4.13. The molecule has 5 rings (SSSR count). The summed E-state index contributed by atoms with van der Waals surface area (Å²) in [6, 6.07) is 13.2. The molecule has 0 radical (unpaired) electrons. The minimum absolute atomic E-state index is 0.0341. The summed E-state index contributed by atoms with van der Waals surface area (Å²) >= 11 is 6.41. The van der Waals surface area contributed by atoms with Crippen LogP contribution in [-0.4, -0.2) is 31.6 Å². The number of fused-ring (bicyclic) bond motifs is 1. The number of carbonyl (C=O) groups is 1. The normalized spacial score (nSPS) is 13.8. The Labute approximate surface area is 222 Å². The first-order valence-corrected chi connectivity index (χ1v) is 12.4. The molecule has 5 N–H and O–H groups in total. The lowest BCUT2D eigenvalue weighted by Gasteiger charge is -2.26. The molecule has 0 aliphatic heterocycles. The molecule has 192 valence electrons. The van der Waals surface area contributed by atoms with Crippen molar-refractivity contribution in [2.24, 2.45) is 0 Å². The zero-order valence-corrected chi connectivity index (χ0v) is 21.2. The molecule has 1 fully saturated rings. The molecule has 0 saturated heterocycles. The fourth-order valence-corrected chi connectivity index (χ4v) is 4.51. The number of nitriles is 1. The van der Waals surface area contributed by atoms with Crippen molar-refractivity contribution in [2.75, 3.05) is 16.4 Å². The summed E-state index contributed by atoms with van der Waals surface area (Å²) in [7, 11) is 0. The lowest BCUT2D eigenvalue weighted by atomic mass is 9.93. The van der Waals surface area contributed by atoms with E-state index in [-0.39, 0.29) is 45.2 Å². The van der Waals surface area contributed by atoms with Crippen molar-refractivity contribution in [3.63, 3.8) is 0 Å². The number of nitrogens with two attached hydrogens (primary N) is 1. The number of nitrogens with zero attached hydrogens (tertiary/aromatic N) is 5. The molecule has 0 spiro atoms. The number of benzene rings is 2. The number of hydrogen-bond acceptors (Lipinski definition) is 8. The fourth-order valence-electron chi connectivity index (χ4n) is 4.26. The third kappa shape index (κ3) is 4.81. The first kappa shape index (κ1) is 25.0. The molecule has 2 aromatic heterocycles. The number of nitrogen functional groups attached to an aromatic ring is 1. The Balaban J connectivity index is 1.59. The Bertz CT molecular complexity index is 1640. The minimum Gasteiger partial charge on any atom is -0.382 e. The maximum Gasteiger partial charge on any atom is 0.319 e. The van der Waals surface area contributed by atoms with Crippen LogP contribution in [0.3, 0.4) is 0 Å². The molecule has 1 aliphatic carbocycles. The molecule has 1 saturated carbocycles. The second-order valence-electron chi connectivity index (χ2n) is 8.98. The number of nitrogens with one attached hydrogen (secondary N) is 3. The van der Waals surface area contributed by atoms with Crippen molar-refractivity contribution in [2.45, 2.75) is 38.3 Å². The maximum atomic E-state index is 13.8. The molecule has 2 amide bonds. The summed E-state index contributed by atoms with van der Waals surface area (Å²) < 4.78 is 1.43. The standard InChI is InChI=1S/C26H24ClN9O2/c1-14(32-23-18(12-28)22(29)30-13-31-23)24-35-20-10-4-9-19(27)21(20)25(37)36(24)17-8-3-7-16(11-17)34-26(38)33-15-5-2-6-15/h3-4,7-11,13-15H,2,5-6H2,1H3,(H2,33,34,38)(H3,29,30,31,32)/t14-/m0/s1. The topological polar surface area (TPSA) is 164 Å². The highest BCUT2D eigenvalue weighted by Crippen LogP contribution is 2.27. The van der Waals surface area contributed by atoms with Gasteiger partial charge in [0.2, 0.25) is 0 Å². The van der Waals surface area contributed by atoms with Crippen LogP contribution in [0.25, 0.3) is 16.6 Å². The third-order valence-electron chi connectivity index (χ3n) is 6.40. The van der Waals surface area contributed by atoms with Crippen LogP contribution in [0, 0.1) is 11.3 Å². The summed E-state index contributed by atoms with van der Waals surface area (Å²) in [6.07, 6.45) is 4.28. The summed E-state index contributed by atoms with van der Waals surface area (Å²) in [5.41, 5.74) is 6.93. The van der Waals surface area contributed by atoms with E-state index in [0.29, 0.717) is 22.7 Å². The van der Waals surface area contributed by atoms with E-state index in [4.69, 9.17) is 22.3 Å². The highest BCUT2D eigenvalue weighted by atomic mass is 35.5. The van der Waals surface area contributed by atoms with E-state index in [1.165, 1.54) is 10.9 Å². The van der Waals surface area contributed by atoms with Crippen molar-refractivity contribution < 1.29 is 4.79 Å². The molecule has 4 aromatic rings. The van der Waals surface area contributed by atoms with Gasteiger partial charge in [-0.3, -0.25) is 9.36 Å². The maximum absolute atomic E-state index is 13.8. The van der Waals surface area contributed by atoms with E-state index in [1.54, 1.807) is 49.4 Å². The van der Waals surface area contributed by atoms with Crippen molar-refractivity contribution in [1.82, 2.24) is 24.8 Å². The van der Waals surface area contributed by atoms with Crippen LogP contribution < -0.4 is 27.2 Å². The van der Waals surface area contributed by atoms with Crippen LogP contribution in [0.1, 0.15) is 43.6 Å². The van der Waals surface area contributed by atoms with Crippen LogP contribution in [0.2, 0.25) is 5.02 Å². The molecule has 12 heteroatoms. The Morgan fingerprint density at radius 2 is 2.03 bits per heavy atom. The average molecular weight is 530 g/mol. The second-order valence-corrected chi connectivity index (χ2v) is 9.39. The lowest BCUT2D eigenvalue weighted by Crippen LogP contribution is -2.41. The van der Waals surface area contributed by atoms with Crippen LogP contribution in [0.15, 0.2) is 53.6 Å². The summed E-state index contributed by atoms with van der Waals surface area (Å²) in [4.78, 5) is 39.0. The van der Waals surface area contributed by atoms with Gasteiger partial charge >= 0.3 is 6.03 Å². The third-order valence-corrected chi connectivity index (χ3v) is 6.72. The van der Waals surface area contributed by atoms with Crippen molar-refractivity contribution in [3.05, 3.63) is 75.6 Å². The number of aromatic nitrogens is 4. The van der Waals surface area contributed by atoms with Gasteiger partial charge in [0.1, 0.15) is 35.4 Å². The SMILES string of the molecule is C[C@H](Nc1ncnc(N)c1C#N)c1nc2cccc(Cl)c2c(=O)n1-c1cccc(NC(=O)NC2CCC2)c1. The summed E-state index contributed by atoms with van der Waals surface area (Å²) in [6.45, 7) is 1.78. The largest absolute Gasteiger partial charge is 0.382 e. The molecule has 2 aromatic carbocycles. The molecular weight excluding hydrogens is 506 g/mol. The van der Waals surface area contributed by atoms with E-state index in [9.17, 15) is 14.9 Å². The second kappa shape index (κ2) is 10.4. The van der Waals surface area contributed by atoms with E-state index in [1.807, 2.05) is 6.07 Å². The van der Waals surface area contributed by atoms with Gasteiger partial charge in [-0.15, -0.1) is 0 Å². The highest BCUT2D eigenvalue weighted by molar-refractivity contribution is 6.35. The average Bonchev–Trinajstić information content (AvgIpc) is 2.86. The van der Waals surface area contributed by atoms with Gasteiger partial charge in [0.05, 0.1) is 27.7 Å². The Hall–Kier alpha value is -4.69. The Morgan fingerprint density at radius 3 is 2.76 bits per heavy atom. The number of anilines is 3. The number of carbonyl (C=O) groups excluding carboxylic acids is 1. The van der Waals surface area contributed by atoms with Gasteiger partial charge in [0.25, 0.3) is 5.56 Å². The monoisotopic (exact) mass is 529 g/mol. The van der Waals surface area contributed by atoms with Gasteiger partial charge in [-0.05, 0) is 56.5 Å². The zero-order chi connectivity index (χ0) is 26.8. The molecule has 0 bridgehead atoms. The van der Waals surface area contributed by atoms with Crippen LogP contribution in [-0.2, 0) is 0 Å². The molecule has 0 unspecified atom stereocenters. The summed E-state index contributed by atoms with van der Waals surface area (Å²) in [5.74, 6) is 0.580. The van der Waals surface area contributed by atoms with Crippen LogP contribution in [0.5, 0.6) is 0 Å². The number of hydrogen-bond donors (Lipinski definition) is 4. The predicted molar refractivity (Wildman–Crippen MR) is 145 cm³/mol. The Morgan fingerprint density at radius 1 is 1.24 bits per heavy atom. The van der Waals surface area contributed by atoms with E-state index in [2.05, 4.69) is 25.9 Å². The molecule has 2 heterocycles. The molecule has 38 heavy (non-hydrogen) atoms. The number of halogens is 1. The number of amides is 2. The van der Waals surface area contributed by atoms with Gasteiger partial charge in [0, 0.05) is 11.7 Å². The minimum atomic E-state index is -0.606. The zero-order valence-electron chi connectivity index (χ0n) is 20.4. The smallest absolute Gasteiger partial charge is 0.319 e. The highest BCUT2D eigenvalue weighted by Gasteiger charge is 2.22. The molecule has 1 atom stereocenters. The summed E-state index contributed by atoms with van der Waals surface area (Å²) in [5, 5.41) is 19.0. The quantitative estimate of drug-likeness (QED) is 0.289. The molecule has 1 aliphatic rings. The van der Waals surface area contributed by atoms with Gasteiger partial charge in [-0.25, -0.2) is 19.7 Å². The van der Waals surface area contributed by atoms with Crippen LogP contribution in [0.4, 0.5) is 22.1 Å². The van der Waals surface area contributed by atoms with Gasteiger partial charge < -0.3 is 21.7 Å². The molecular formula is C26H24ClN9O2. The first-order chi connectivity index (χ1) is 18.4. The number of urea groups is 1. The van der Waals surface area contributed by atoms with Gasteiger partial charge in [-0.1, -0.05) is 23.7 Å². The van der Waals surface area contributed by atoms with E-state index < -0.39 is 6.04 Å². The number of rotatable bonds is 6. The van der Waals surface area contributed by atoms with Crippen molar-refractivity contribution in [1.29, 1.82) is 5.26 Å². The lowest BCUT2D eigenvalue weighted by molar-refractivity contribution is 0.240. The molecule has 11 nitrogen and oxygen atoms in total. The van der Waals surface area contributed by atoms with Gasteiger partial charge in [-0.2, -0.15) is 5.26 Å². The first-order valence-electron chi connectivity index (χ1n) is 12.0. The van der Waals surface area contributed by atoms with Crippen molar-refractivity contribution >= 4 is 45.9 Å². The van der Waals surface area contributed by atoms with Gasteiger partial charge in [0.15, 0.2) is 0 Å². The Kier molecular flexibility index (Phi) is 6.81. The fraction of sp³-hybridized carbons (Fsp3) is 0.231. The van der Waals surface area contributed by atoms with E-state index >= 15 is 0 Å². The van der Waals surface area contributed by atoms with E-state index in [0.717, 1.165) is 19.3 Å². The van der Waals surface area contributed by atoms with Crippen LogP contribution >= 0.6 is 11.6 Å².